The fourth-order valence-corrected chi connectivity index (χ4v) is 4.94. The van der Waals surface area contributed by atoms with Crippen molar-refractivity contribution in [3.63, 3.8) is 0 Å². The minimum Gasteiger partial charge on any atom is -0.352 e. The van der Waals surface area contributed by atoms with Crippen LogP contribution >= 0.6 is 11.6 Å². The molecule has 0 aromatic heterocycles. The third-order valence-electron chi connectivity index (χ3n) is 4.63. The molecule has 0 aliphatic carbocycles. The average Bonchev–Trinajstić information content (AvgIpc) is 2.66. The third-order valence-corrected chi connectivity index (χ3v) is 6.91. The zero-order valence-electron chi connectivity index (χ0n) is 16.3. The summed E-state index contributed by atoms with van der Waals surface area (Å²) in [5, 5.41) is 5.96. The molecule has 1 aromatic rings. The molecule has 2 rings (SSSR count). The van der Waals surface area contributed by atoms with E-state index in [-0.39, 0.29) is 24.1 Å². The quantitative estimate of drug-likeness (QED) is 0.664. The molecule has 1 atom stereocenters. The van der Waals surface area contributed by atoms with E-state index in [1.165, 1.54) is 10.4 Å². The topological polar surface area (TPSA) is 95.6 Å². The molecule has 1 heterocycles. The SMILES string of the molecule is CCCNC(=O)c1ccc(Cl)cc1NC(=O)C1CCCN(S(=O)(=O)CCC)C1. The molecule has 1 saturated heterocycles. The van der Waals surface area contributed by atoms with Crippen LogP contribution in [0.4, 0.5) is 5.69 Å². The van der Waals surface area contributed by atoms with Crippen molar-refractivity contribution in [3.8, 4) is 0 Å². The lowest BCUT2D eigenvalue weighted by molar-refractivity contribution is -0.120. The second-order valence-corrected chi connectivity index (χ2v) is 9.47. The van der Waals surface area contributed by atoms with Gasteiger partial charge < -0.3 is 10.6 Å². The van der Waals surface area contributed by atoms with Crippen LogP contribution in [0.3, 0.4) is 0 Å². The molecule has 0 radical (unpaired) electrons. The lowest BCUT2D eigenvalue weighted by Crippen LogP contribution is -2.44. The average molecular weight is 430 g/mol. The lowest BCUT2D eigenvalue weighted by Gasteiger charge is -2.31. The minimum atomic E-state index is -3.34. The Kier molecular flexibility index (Phi) is 8.27. The van der Waals surface area contributed by atoms with Gasteiger partial charge >= 0.3 is 0 Å². The summed E-state index contributed by atoms with van der Waals surface area (Å²) >= 11 is 6.04. The van der Waals surface area contributed by atoms with Crippen molar-refractivity contribution in [2.45, 2.75) is 39.5 Å². The number of piperidine rings is 1. The summed E-state index contributed by atoms with van der Waals surface area (Å²) < 4.78 is 26.0. The standard InChI is InChI=1S/C19H28ClN3O4S/c1-3-9-21-19(25)16-8-7-15(20)12-17(16)22-18(24)14-6-5-10-23(13-14)28(26,27)11-4-2/h7-8,12,14H,3-6,9-11,13H2,1-2H3,(H,21,25)(H,22,24). The van der Waals surface area contributed by atoms with Crippen molar-refractivity contribution in [1.29, 1.82) is 0 Å². The maximum Gasteiger partial charge on any atom is 0.253 e. The Balaban J connectivity index is 2.14. The van der Waals surface area contributed by atoms with Crippen LogP contribution in [0.5, 0.6) is 0 Å². The van der Waals surface area contributed by atoms with Crippen molar-refractivity contribution < 1.29 is 18.0 Å². The van der Waals surface area contributed by atoms with Gasteiger partial charge in [-0.25, -0.2) is 12.7 Å². The second kappa shape index (κ2) is 10.2. The van der Waals surface area contributed by atoms with Gasteiger partial charge in [-0.2, -0.15) is 0 Å². The zero-order chi connectivity index (χ0) is 20.7. The molecule has 156 valence electrons. The molecule has 1 unspecified atom stereocenters. The number of halogens is 1. The van der Waals surface area contributed by atoms with Crippen molar-refractivity contribution in [3.05, 3.63) is 28.8 Å². The van der Waals surface area contributed by atoms with E-state index in [1.807, 2.05) is 13.8 Å². The number of benzene rings is 1. The first kappa shape index (κ1) is 22.6. The molecular weight excluding hydrogens is 402 g/mol. The van der Waals surface area contributed by atoms with Crippen molar-refractivity contribution >= 4 is 39.1 Å². The Morgan fingerprint density at radius 2 is 2.00 bits per heavy atom. The predicted octanol–water partition coefficient (Wildman–Crippen LogP) is 2.87. The Bertz CT molecular complexity index is 813. The summed E-state index contributed by atoms with van der Waals surface area (Å²) in [4.78, 5) is 25.1. The van der Waals surface area contributed by atoms with Crippen molar-refractivity contribution in [1.82, 2.24) is 9.62 Å². The Hall–Kier alpha value is -1.64. The van der Waals surface area contributed by atoms with E-state index in [1.54, 1.807) is 12.1 Å². The molecular formula is C19H28ClN3O4S. The number of nitrogens with one attached hydrogen (secondary N) is 2. The second-order valence-electron chi connectivity index (χ2n) is 6.95. The molecule has 0 saturated carbocycles. The van der Waals surface area contributed by atoms with Gasteiger partial charge in [0, 0.05) is 24.7 Å². The number of nitrogens with zero attached hydrogens (tertiary/aromatic N) is 1. The molecule has 0 bridgehead atoms. The summed E-state index contributed by atoms with van der Waals surface area (Å²) in [6.07, 6.45) is 2.56. The summed E-state index contributed by atoms with van der Waals surface area (Å²) in [6.45, 7) is 4.89. The highest BCUT2D eigenvalue weighted by molar-refractivity contribution is 7.89. The smallest absolute Gasteiger partial charge is 0.253 e. The first-order valence-corrected chi connectivity index (χ1v) is 11.6. The van der Waals surface area contributed by atoms with Crippen molar-refractivity contribution in [2.75, 3.05) is 30.7 Å². The fourth-order valence-electron chi connectivity index (χ4n) is 3.18. The Labute approximate surface area is 171 Å². The third kappa shape index (κ3) is 5.93. The van der Waals surface area contributed by atoms with Gasteiger partial charge in [0.05, 0.1) is 22.9 Å². The maximum absolute atomic E-state index is 12.8. The highest BCUT2D eigenvalue weighted by Gasteiger charge is 2.32. The van der Waals surface area contributed by atoms with Crippen LogP contribution in [0.25, 0.3) is 0 Å². The van der Waals surface area contributed by atoms with E-state index in [9.17, 15) is 18.0 Å². The van der Waals surface area contributed by atoms with Gasteiger partial charge in [-0.15, -0.1) is 0 Å². The molecule has 2 N–H and O–H groups in total. The van der Waals surface area contributed by atoms with Crippen LogP contribution in [0.1, 0.15) is 49.9 Å². The fraction of sp³-hybridized carbons (Fsp3) is 0.579. The lowest BCUT2D eigenvalue weighted by atomic mass is 9.98. The molecule has 0 spiro atoms. The highest BCUT2D eigenvalue weighted by atomic mass is 35.5. The van der Waals surface area contributed by atoms with Crippen LogP contribution in [-0.2, 0) is 14.8 Å². The predicted molar refractivity (Wildman–Crippen MR) is 111 cm³/mol. The van der Waals surface area contributed by atoms with Crippen LogP contribution in [0.15, 0.2) is 18.2 Å². The summed E-state index contributed by atoms with van der Waals surface area (Å²) in [5.41, 5.74) is 0.664. The number of amides is 2. The molecule has 28 heavy (non-hydrogen) atoms. The molecule has 7 nitrogen and oxygen atoms in total. The van der Waals surface area contributed by atoms with E-state index in [4.69, 9.17) is 11.6 Å². The van der Waals surface area contributed by atoms with Crippen molar-refractivity contribution in [2.24, 2.45) is 5.92 Å². The van der Waals surface area contributed by atoms with Gasteiger partial charge in [-0.3, -0.25) is 9.59 Å². The van der Waals surface area contributed by atoms with Gasteiger partial charge in [0.25, 0.3) is 5.91 Å². The first-order valence-electron chi connectivity index (χ1n) is 9.65. The molecule has 9 heteroatoms. The van der Waals surface area contributed by atoms with E-state index >= 15 is 0 Å². The number of carbonyl (C=O) groups excluding carboxylic acids is 2. The zero-order valence-corrected chi connectivity index (χ0v) is 17.9. The monoisotopic (exact) mass is 429 g/mol. The minimum absolute atomic E-state index is 0.0807. The van der Waals surface area contributed by atoms with E-state index in [2.05, 4.69) is 10.6 Å². The van der Waals surface area contributed by atoms with Gasteiger partial charge in [0.15, 0.2) is 0 Å². The largest absolute Gasteiger partial charge is 0.352 e. The van der Waals surface area contributed by atoms with E-state index in [0.29, 0.717) is 48.6 Å². The number of hydrogen-bond acceptors (Lipinski definition) is 4. The summed E-state index contributed by atoms with van der Waals surface area (Å²) in [5.74, 6) is -0.976. The molecule has 1 aliphatic rings. The van der Waals surface area contributed by atoms with E-state index in [0.717, 1.165) is 6.42 Å². The summed E-state index contributed by atoms with van der Waals surface area (Å²) in [7, 11) is -3.34. The number of rotatable bonds is 8. The highest BCUT2D eigenvalue weighted by Crippen LogP contribution is 2.25. The van der Waals surface area contributed by atoms with Gasteiger partial charge in [-0.05, 0) is 43.9 Å². The Morgan fingerprint density at radius 3 is 2.68 bits per heavy atom. The number of sulfonamides is 1. The van der Waals surface area contributed by atoms with E-state index < -0.39 is 15.9 Å². The molecule has 1 aliphatic heterocycles. The van der Waals surface area contributed by atoms with Gasteiger partial charge in [0.1, 0.15) is 0 Å². The maximum atomic E-state index is 12.8. The van der Waals surface area contributed by atoms with Crippen LogP contribution in [0.2, 0.25) is 5.02 Å². The number of anilines is 1. The molecule has 1 aromatic carbocycles. The number of hydrogen-bond donors (Lipinski definition) is 2. The molecule has 2 amide bonds. The van der Waals surface area contributed by atoms with Gasteiger partial charge in [-0.1, -0.05) is 25.4 Å². The number of carbonyl (C=O) groups is 2. The normalized spacial score (nSPS) is 17.9. The molecule has 1 fully saturated rings. The summed E-state index contributed by atoms with van der Waals surface area (Å²) in [6, 6.07) is 4.70. The Morgan fingerprint density at radius 1 is 1.25 bits per heavy atom. The first-order chi connectivity index (χ1) is 13.3. The van der Waals surface area contributed by atoms with Crippen LogP contribution in [-0.4, -0.2) is 49.9 Å². The van der Waals surface area contributed by atoms with Gasteiger partial charge in [0.2, 0.25) is 15.9 Å². The van der Waals surface area contributed by atoms with Crippen LogP contribution < -0.4 is 10.6 Å². The van der Waals surface area contributed by atoms with Crippen LogP contribution in [0, 0.1) is 5.92 Å².